The van der Waals surface area contributed by atoms with Crippen molar-refractivity contribution < 1.29 is 0 Å². The lowest BCUT2D eigenvalue weighted by Crippen LogP contribution is -2.23. The van der Waals surface area contributed by atoms with Gasteiger partial charge in [0.2, 0.25) is 0 Å². The van der Waals surface area contributed by atoms with Gasteiger partial charge in [0, 0.05) is 17.9 Å². The average molecular weight is 176 g/mol. The van der Waals surface area contributed by atoms with E-state index in [9.17, 15) is 0 Å². The SMILES string of the molecule is CCC1CNc2cccc(N)c2C1. The lowest BCUT2D eigenvalue weighted by molar-refractivity contribution is 0.521. The van der Waals surface area contributed by atoms with Gasteiger partial charge in [0.05, 0.1) is 0 Å². The fraction of sp³-hybridized carbons (Fsp3) is 0.455. The molecule has 3 N–H and O–H groups in total. The quantitative estimate of drug-likeness (QED) is 0.644. The van der Waals surface area contributed by atoms with Crippen LogP contribution in [0.3, 0.4) is 0 Å². The molecule has 13 heavy (non-hydrogen) atoms. The first-order valence-corrected chi connectivity index (χ1v) is 4.92. The molecule has 1 aromatic carbocycles. The molecule has 2 heteroatoms. The number of nitrogen functional groups attached to an aromatic ring is 1. The molecule has 0 radical (unpaired) electrons. The summed E-state index contributed by atoms with van der Waals surface area (Å²) < 4.78 is 0. The van der Waals surface area contributed by atoms with E-state index >= 15 is 0 Å². The molecule has 1 aliphatic heterocycles. The highest BCUT2D eigenvalue weighted by Gasteiger charge is 2.17. The second kappa shape index (κ2) is 3.29. The molecule has 2 rings (SSSR count). The van der Waals surface area contributed by atoms with Gasteiger partial charge in [-0.15, -0.1) is 0 Å². The van der Waals surface area contributed by atoms with Crippen molar-refractivity contribution in [2.75, 3.05) is 17.6 Å². The number of hydrogen-bond donors (Lipinski definition) is 2. The summed E-state index contributed by atoms with van der Waals surface area (Å²) in [5.74, 6) is 0.747. The summed E-state index contributed by atoms with van der Waals surface area (Å²) in [6.07, 6.45) is 2.35. The Hall–Kier alpha value is -1.18. The maximum atomic E-state index is 5.92. The van der Waals surface area contributed by atoms with Crippen LogP contribution in [0.25, 0.3) is 0 Å². The first kappa shape index (κ1) is 8.42. The Bertz CT molecular complexity index is 307. The predicted octanol–water partition coefficient (Wildman–Crippen LogP) is 2.26. The standard InChI is InChI=1S/C11H16N2/c1-2-8-6-9-10(12)4-3-5-11(9)13-7-8/h3-5,8,13H,2,6-7,12H2,1H3. The van der Waals surface area contributed by atoms with Crippen molar-refractivity contribution in [3.8, 4) is 0 Å². The molecule has 0 saturated heterocycles. The zero-order valence-electron chi connectivity index (χ0n) is 8.01. The smallest absolute Gasteiger partial charge is 0.0393 e. The Morgan fingerprint density at radius 2 is 2.38 bits per heavy atom. The van der Waals surface area contributed by atoms with E-state index in [1.54, 1.807) is 0 Å². The van der Waals surface area contributed by atoms with Gasteiger partial charge in [-0.2, -0.15) is 0 Å². The molecule has 2 nitrogen and oxygen atoms in total. The Balaban J connectivity index is 2.32. The van der Waals surface area contributed by atoms with Gasteiger partial charge in [-0.25, -0.2) is 0 Å². The van der Waals surface area contributed by atoms with Gasteiger partial charge in [0.15, 0.2) is 0 Å². The van der Waals surface area contributed by atoms with Crippen molar-refractivity contribution in [2.24, 2.45) is 5.92 Å². The van der Waals surface area contributed by atoms with Crippen LogP contribution in [-0.2, 0) is 6.42 Å². The Morgan fingerprint density at radius 1 is 1.54 bits per heavy atom. The van der Waals surface area contributed by atoms with E-state index in [4.69, 9.17) is 5.73 Å². The number of fused-ring (bicyclic) bond motifs is 1. The minimum atomic E-state index is 0.747. The zero-order chi connectivity index (χ0) is 9.26. The number of nitrogens with two attached hydrogens (primary N) is 1. The Kier molecular flexibility index (Phi) is 2.13. The number of nitrogens with one attached hydrogen (secondary N) is 1. The lowest BCUT2D eigenvalue weighted by atomic mass is 9.91. The van der Waals surface area contributed by atoms with Crippen molar-refractivity contribution in [3.63, 3.8) is 0 Å². The zero-order valence-corrected chi connectivity index (χ0v) is 8.01. The maximum Gasteiger partial charge on any atom is 0.0393 e. The van der Waals surface area contributed by atoms with Crippen molar-refractivity contribution in [3.05, 3.63) is 23.8 Å². The van der Waals surface area contributed by atoms with E-state index in [2.05, 4.69) is 18.3 Å². The monoisotopic (exact) mass is 176 g/mol. The first-order valence-electron chi connectivity index (χ1n) is 4.92. The van der Waals surface area contributed by atoms with Crippen molar-refractivity contribution in [1.29, 1.82) is 0 Å². The molecule has 0 spiro atoms. The minimum Gasteiger partial charge on any atom is -0.398 e. The Morgan fingerprint density at radius 3 is 3.15 bits per heavy atom. The van der Waals surface area contributed by atoms with E-state index in [1.807, 2.05) is 12.1 Å². The first-order chi connectivity index (χ1) is 6.31. The maximum absolute atomic E-state index is 5.92. The molecule has 0 aromatic heterocycles. The second-order valence-corrected chi connectivity index (χ2v) is 3.73. The molecule has 1 heterocycles. The highest BCUT2D eigenvalue weighted by Crippen LogP contribution is 2.30. The molecular formula is C11H16N2. The van der Waals surface area contributed by atoms with E-state index in [0.29, 0.717) is 0 Å². The van der Waals surface area contributed by atoms with E-state index in [0.717, 1.165) is 24.6 Å². The van der Waals surface area contributed by atoms with Gasteiger partial charge in [0.25, 0.3) is 0 Å². The van der Waals surface area contributed by atoms with Crippen LogP contribution in [0, 0.1) is 5.92 Å². The van der Waals surface area contributed by atoms with Crippen molar-refractivity contribution >= 4 is 11.4 Å². The van der Waals surface area contributed by atoms with Gasteiger partial charge in [0.1, 0.15) is 0 Å². The van der Waals surface area contributed by atoms with Crippen LogP contribution in [0.2, 0.25) is 0 Å². The molecule has 0 fully saturated rings. The third-order valence-corrected chi connectivity index (χ3v) is 2.86. The normalized spacial score (nSPS) is 20.5. The number of anilines is 2. The summed E-state index contributed by atoms with van der Waals surface area (Å²) in [7, 11) is 0. The molecular weight excluding hydrogens is 160 g/mol. The lowest BCUT2D eigenvalue weighted by Gasteiger charge is -2.26. The summed E-state index contributed by atoms with van der Waals surface area (Å²) in [5.41, 5.74) is 9.38. The number of hydrogen-bond acceptors (Lipinski definition) is 2. The summed E-state index contributed by atoms with van der Waals surface area (Å²) in [6.45, 7) is 3.32. The van der Waals surface area contributed by atoms with Gasteiger partial charge in [-0.1, -0.05) is 19.4 Å². The van der Waals surface area contributed by atoms with Crippen LogP contribution in [0.15, 0.2) is 18.2 Å². The van der Waals surface area contributed by atoms with Gasteiger partial charge in [-0.3, -0.25) is 0 Å². The molecule has 0 bridgehead atoms. The predicted molar refractivity (Wildman–Crippen MR) is 56.8 cm³/mol. The number of benzene rings is 1. The summed E-state index contributed by atoms with van der Waals surface area (Å²) in [5, 5.41) is 3.42. The van der Waals surface area contributed by atoms with Crippen LogP contribution in [0.5, 0.6) is 0 Å². The molecule has 1 unspecified atom stereocenters. The minimum absolute atomic E-state index is 0.747. The largest absolute Gasteiger partial charge is 0.398 e. The second-order valence-electron chi connectivity index (χ2n) is 3.73. The van der Waals surface area contributed by atoms with Gasteiger partial charge < -0.3 is 11.1 Å². The molecule has 0 amide bonds. The van der Waals surface area contributed by atoms with E-state index in [1.165, 1.54) is 17.7 Å². The van der Waals surface area contributed by atoms with Crippen molar-refractivity contribution in [1.82, 2.24) is 0 Å². The topological polar surface area (TPSA) is 38.0 Å². The summed E-state index contributed by atoms with van der Waals surface area (Å²) >= 11 is 0. The fourth-order valence-electron chi connectivity index (χ4n) is 1.90. The average Bonchev–Trinajstić information content (AvgIpc) is 2.18. The van der Waals surface area contributed by atoms with Crippen LogP contribution in [0.1, 0.15) is 18.9 Å². The molecule has 1 aliphatic rings. The van der Waals surface area contributed by atoms with E-state index < -0.39 is 0 Å². The number of rotatable bonds is 1. The summed E-state index contributed by atoms with van der Waals surface area (Å²) in [6, 6.07) is 6.10. The highest BCUT2D eigenvalue weighted by molar-refractivity contribution is 5.64. The molecule has 0 aliphatic carbocycles. The third kappa shape index (κ3) is 1.48. The van der Waals surface area contributed by atoms with Gasteiger partial charge in [-0.05, 0) is 30.0 Å². The fourth-order valence-corrected chi connectivity index (χ4v) is 1.90. The molecule has 1 aromatic rings. The van der Waals surface area contributed by atoms with Gasteiger partial charge >= 0.3 is 0 Å². The van der Waals surface area contributed by atoms with Crippen molar-refractivity contribution in [2.45, 2.75) is 19.8 Å². The summed E-state index contributed by atoms with van der Waals surface area (Å²) in [4.78, 5) is 0. The third-order valence-electron chi connectivity index (χ3n) is 2.86. The van der Waals surface area contributed by atoms with Crippen LogP contribution in [-0.4, -0.2) is 6.54 Å². The molecule has 0 saturated carbocycles. The van der Waals surface area contributed by atoms with Crippen LogP contribution < -0.4 is 11.1 Å². The Labute approximate surface area is 79.1 Å². The highest BCUT2D eigenvalue weighted by atomic mass is 14.9. The molecule has 70 valence electrons. The van der Waals surface area contributed by atoms with E-state index in [-0.39, 0.29) is 0 Å². The van der Waals surface area contributed by atoms with Crippen LogP contribution >= 0.6 is 0 Å². The van der Waals surface area contributed by atoms with Crippen LogP contribution in [0.4, 0.5) is 11.4 Å². The molecule has 1 atom stereocenters.